The fourth-order valence-corrected chi connectivity index (χ4v) is 1.93. The molecule has 0 aliphatic rings. The lowest BCUT2D eigenvalue weighted by Crippen LogP contribution is -1.95. The molecular weight excluding hydrogens is 295 g/mol. The number of rotatable bonds is 4. The average Bonchev–Trinajstić information content (AvgIpc) is 2.47. The molecule has 5 heteroatoms. The molecule has 0 unspecified atom stereocenters. The van der Waals surface area contributed by atoms with Gasteiger partial charge >= 0.3 is 0 Å². The van der Waals surface area contributed by atoms with Crippen molar-refractivity contribution in [2.24, 2.45) is 0 Å². The largest absolute Gasteiger partial charge is 0.507 e. The molecule has 0 amide bonds. The molecule has 0 spiro atoms. The van der Waals surface area contributed by atoms with Crippen molar-refractivity contribution in [2.45, 2.75) is 0 Å². The number of halogens is 2. The Balaban J connectivity index is 2.22. The fourth-order valence-electron chi connectivity index (χ4n) is 1.75. The summed E-state index contributed by atoms with van der Waals surface area (Å²) >= 11 is 5.78. The standard InChI is InChI=1S/C16H12ClFO3/c1-21-16-7-3-10(8-13(16)18)2-5-14(19)12-9-11(17)4-6-15(12)20/h2-9,20H,1H3/b5-2+. The Morgan fingerprint density at radius 1 is 1.29 bits per heavy atom. The van der Waals surface area contributed by atoms with Crippen molar-refractivity contribution in [3.8, 4) is 11.5 Å². The summed E-state index contributed by atoms with van der Waals surface area (Å²) in [4.78, 5) is 12.0. The molecule has 0 aliphatic carbocycles. The van der Waals surface area contributed by atoms with Crippen molar-refractivity contribution in [1.29, 1.82) is 0 Å². The van der Waals surface area contributed by atoms with Gasteiger partial charge in [-0.15, -0.1) is 0 Å². The van der Waals surface area contributed by atoms with E-state index in [9.17, 15) is 14.3 Å². The highest BCUT2D eigenvalue weighted by Gasteiger charge is 2.09. The lowest BCUT2D eigenvalue weighted by molar-refractivity contribution is 0.104. The maximum Gasteiger partial charge on any atom is 0.189 e. The zero-order chi connectivity index (χ0) is 15.4. The van der Waals surface area contributed by atoms with Crippen LogP contribution in [0.4, 0.5) is 4.39 Å². The van der Waals surface area contributed by atoms with E-state index in [2.05, 4.69) is 0 Å². The number of allylic oxidation sites excluding steroid dienone is 1. The monoisotopic (exact) mass is 306 g/mol. The zero-order valence-corrected chi connectivity index (χ0v) is 11.9. The molecule has 3 nitrogen and oxygen atoms in total. The van der Waals surface area contributed by atoms with Crippen LogP contribution in [0.5, 0.6) is 11.5 Å². The molecule has 2 aromatic rings. The van der Waals surface area contributed by atoms with E-state index < -0.39 is 11.6 Å². The Morgan fingerprint density at radius 3 is 2.71 bits per heavy atom. The molecule has 0 atom stereocenters. The molecule has 1 N–H and O–H groups in total. The fraction of sp³-hybridized carbons (Fsp3) is 0.0625. The lowest BCUT2D eigenvalue weighted by Gasteiger charge is -2.02. The second-order valence-electron chi connectivity index (χ2n) is 4.25. The topological polar surface area (TPSA) is 46.5 Å². The summed E-state index contributed by atoms with van der Waals surface area (Å²) in [6, 6.07) is 8.53. The third kappa shape index (κ3) is 3.61. The zero-order valence-electron chi connectivity index (χ0n) is 11.1. The number of methoxy groups -OCH3 is 1. The summed E-state index contributed by atoms with van der Waals surface area (Å²) in [6.45, 7) is 0. The second-order valence-corrected chi connectivity index (χ2v) is 4.69. The molecule has 0 heterocycles. The second kappa shape index (κ2) is 6.41. The minimum atomic E-state index is -0.516. The Morgan fingerprint density at radius 2 is 2.05 bits per heavy atom. The predicted molar refractivity (Wildman–Crippen MR) is 79.4 cm³/mol. The van der Waals surface area contributed by atoms with Gasteiger partial charge in [-0.2, -0.15) is 0 Å². The van der Waals surface area contributed by atoms with Gasteiger partial charge in [0, 0.05) is 5.02 Å². The van der Waals surface area contributed by atoms with Gasteiger partial charge in [0.15, 0.2) is 17.3 Å². The number of hydrogen-bond donors (Lipinski definition) is 1. The van der Waals surface area contributed by atoms with E-state index in [-0.39, 0.29) is 17.1 Å². The van der Waals surface area contributed by atoms with E-state index in [1.807, 2.05) is 0 Å². The minimum Gasteiger partial charge on any atom is -0.507 e. The van der Waals surface area contributed by atoms with Crippen LogP contribution >= 0.6 is 11.6 Å². The number of carbonyl (C=O) groups excluding carboxylic acids is 1. The summed E-state index contributed by atoms with van der Waals surface area (Å²) < 4.78 is 18.3. The van der Waals surface area contributed by atoms with E-state index in [1.165, 1.54) is 49.6 Å². The SMILES string of the molecule is COc1ccc(/C=C/C(=O)c2cc(Cl)ccc2O)cc1F. The maximum absolute atomic E-state index is 13.5. The number of phenols is 1. The first kappa shape index (κ1) is 15.1. The molecule has 2 rings (SSSR count). The van der Waals surface area contributed by atoms with Gasteiger partial charge in [0.2, 0.25) is 0 Å². The van der Waals surface area contributed by atoms with Gasteiger partial charge in [0.05, 0.1) is 12.7 Å². The van der Waals surface area contributed by atoms with E-state index in [0.29, 0.717) is 10.6 Å². The van der Waals surface area contributed by atoms with Crippen LogP contribution in [-0.4, -0.2) is 18.0 Å². The van der Waals surface area contributed by atoms with Crippen LogP contribution in [0.25, 0.3) is 6.08 Å². The van der Waals surface area contributed by atoms with Crippen LogP contribution in [0.3, 0.4) is 0 Å². The van der Waals surface area contributed by atoms with Crippen molar-refractivity contribution >= 4 is 23.5 Å². The molecule has 0 fully saturated rings. The minimum absolute atomic E-state index is 0.0905. The number of hydrogen-bond acceptors (Lipinski definition) is 3. The molecule has 21 heavy (non-hydrogen) atoms. The molecule has 108 valence electrons. The lowest BCUT2D eigenvalue weighted by atomic mass is 10.1. The molecule has 2 aromatic carbocycles. The summed E-state index contributed by atoms with van der Waals surface area (Å²) in [6.07, 6.45) is 2.69. The number of ether oxygens (including phenoxy) is 1. The molecule has 0 aliphatic heterocycles. The van der Waals surface area contributed by atoms with Crippen LogP contribution in [0.15, 0.2) is 42.5 Å². The first-order chi connectivity index (χ1) is 10.0. The van der Waals surface area contributed by atoms with Crippen molar-refractivity contribution in [3.63, 3.8) is 0 Å². The predicted octanol–water partition coefficient (Wildman–Crippen LogP) is 4.09. The Bertz CT molecular complexity index is 711. The molecule has 0 bridgehead atoms. The van der Waals surface area contributed by atoms with Gasteiger partial charge in [0.1, 0.15) is 5.75 Å². The maximum atomic E-state index is 13.5. The highest BCUT2D eigenvalue weighted by atomic mass is 35.5. The van der Waals surface area contributed by atoms with E-state index in [4.69, 9.17) is 16.3 Å². The first-order valence-corrected chi connectivity index (χ1v) is 6.43. The van der Waals surface area contributed by atoms with E-state index in [1.54, 1.807) is 6.07 Å². The number of ketones is 1. The summed E-state index contributed by atoms with van der Waals surface area (Å²) in [7, 11) is 1.37. The molecule has 0 radical (unpaired) electrons. The highest BCUT2D eigenvalue weighted by Crippen LogP contribution is 2.23. The average molecular weight is 307 g/mol. The number of carbonyl (C=O) groups is 1. The van der Waals surface area contributed by atoms with Crippen LogP contribution in [0.1, 0.15) is 15.9 Å². The van der Waals surface area contributed by atoms with Crippen LogP contribution < -0.4 is 4.74 Å². The van der Waals surface area contributed by atoms with Crippen molar-refractivity contribution in [1.82, 2.24) is 0 Å². The van der Waals surface area contributed by atoms with Crippen LogP contribution in [-0.2, 0) is 0 Å². The third-order valence-electron chi connectivity index (χ3n) is 2.83. The van der Waals surface area contributed by atoms with Gasteiger partial charge in [-0.1, -0.05) is 23.7 Å². The van der Waals surface area contributed by atoms with Gasteiger partial charge in [-0.25, -0.2) is 4.39 Å². The van der Waals surface area contributed by atoms with E-state index >= 15 is 0 Å². The molecule has 0 saturated heterocycles. The number of benzene rings is 2. The normalized spacial score (nSPS) is 10.8. The summed E-state index contributed by atoms with van der Waals surface area (Å²) in [5.41, 5.74) is 0.593. The van der Waals surface area contributed by atoms with Crippen molar-refractivity contribution in [2.75, 3.05) is 7.11 Å². The quantitative estimate of drug-likeness (QED) is 0.683. The van der Waals surface area contributed by atoms with Crippen LogP contribution in [0, 0.1) is 5.82 Å². The Hall–Kier alpha value is -2.33. The van der Waals surface area contributed by atoms with Gasteiger partial charge in [-0.3, -0.25) is 4.79 Å². The van der Waals surface area contributed by atoms with Crippen molar-refractivity contribution < 1.29 is 19.0 Å². The number of aromatic hydroxyl groups is 1. The van der Waals surface area contributed by atoms with Gasteiger partial charge < -0.3 is 9.84 Å². The van der Waals surface area contributed by atoms with Gasteiger partial charge in [0.25, 0.3) is 0 Å². The summed E-state index contributed by atoms with van der Waals surface area (Å²) in [5.74, 6) is -0.968. The smallest absolute Gasteiger partial charge is 0.189 e. The van der Waals surface area contributed by atoms with Crippen molar-refractivity contribution in [3.05, 3.63) is 64.4 Å². The molecule has 0 aromatic heterocycles. The molecule has 0 saturated carbocycles. The molecular formula is C16H12ClFO3. The van der Waals surface area contributed by atoms with E-state index in [0.717, 1.165) is 0 Å². The van der Waals surface area contributed by atoms with Crippen LogP contribution in [0.2, 0.25) is 5.02 Å². The third-order valence-corrected chi connectivity index (χ3v) is 3.06. The van der Waals surface area contributed by atoms with Gasteiger partial charge in [-0.05, 0) is 42.0 Å². The Kier molecular flexibility index (Phi) is 4.60. The Labute approximate surface area is 126 Å². The first-order valence-electron chi connectivity index (χ1n) is 6.05. The summed E-state index contributed by atoms with van der Waals surface area (Å²) in [5, 5.41) is 9.97. The highest BCUT2D eigenvalue weighted by molar-refractivity contribution is 6.31. The number of phenolic OH excluding ortho intramolecular Hbond substituents is 1.